The molecule has 0 bridgehead atoms. The van der Waals surface area contributed by atoms with Crippen molar-refractivity contribution in [2.24, 2.45) is 0 Å². The first kappa shape index (κ1) is 14.6. The molecule has 1 aromatic rings. The molecule has 0 spiro atoms. The highest BCUT2D eigenvalue weighted by Crippen LogP contribution is 2.31. The van der Waals surface area contributed by atoms with E-state index < -0.39 is 5.38 Å². The van der Waals surface area contributed by atoms with Crippen LogP contribution in [0.25, 0.3) is 0 Å². The van der Waals surface area contributed by atoms with Crippen LogP contribution in [-0.2, 0) is 0 Å². The molecule has 1 atom stereocenters. The largest absolute Gasteiger partial charge is 0.345 e. The van der Waals surface area contributed by atoms with Crippen molar-refractivity contribution in [3.63, 3.8) is 0 Å². The fraction of sp³-hybridized carbons (Fsp3) is 0.688. The lowest BCUT2D eigenvalue weighted by molar-refractivity contribution is 0.0991. The molecule has 1 aliphatic rings. The van der Waals surface area contributed by atoms with Gasteiger partial charge in [-0.1, -0.05) is 25.7 Å². The molecule has 0 radical (unpaired) electrons. The molecule has 1 aromatic heterocycles. The van der Waals surface area contributed by atoms with Gasteiger partial charge in [0.1, 0.15) is 0 Å². The normalized spacial score (nSPS) is 19.2. The van der Waals surface area contributed by atoms with Gasteiger partial charge in [0, 0.05) is 23.0 Å². The number of aromatic nitrogens is 1. The molecular weight excluding hydrogens is 258 g/mol. The van der Waals surface area contributed by atoms with Gasteiger partial charge in [-0.3, -0.25) is 4.79 Å². The van der Waals surface area contributed by atoms with E-state index in [1.807, 2.05) is 6.07 Å². The number of nitrogens with zero attached hydrogens (tertiary/aromatic N) is 1. The topological polar surface area (TPSA) is 22.0 Å². The van der Waals surface area contributed by atoms with Crippen LogP contribution >= 0.6 is 11.6 Å². The number of ketones is 1. The SMILES string of the molecule is Cc1cc(C(=O)C(C)Cl)c(C)n1C1CCCCCC1. The van der Waals surface area contributed by atoms with Gasteiger partial charge in [0.05, 0.1) is 5.38 Å². The molecule has 1 saturated carbocycles. The summed E-state index contributed by atoms with van der Waals surface area (Å²) >= 11 is 5.95. The van der Waals surface area contributed by atoms with Crippen LogP contribution in [0, 0.1) is 13.8 Å². The van der Waals surface area contributed by atoms with Crippen LogP contribution in [0.2, 0.25) is 0 Å². The molecule has 2 rings (SSSR count). The molecule has 0 aromatic carbocycles. The Hall–Kier alpha value is -0.760. The molecule has 3 heteroatoms. The van der Waals surface area contributed by atoms with Crippen molar-refractivity contribution < 1.29 is 4.79 Å². The second-order valence-electron chi connectivity index (χ2n) is 5.78. The minimum absolute atomic E-state index is 0.0506. The summed E-state index contributed by atoms with van der Waals surface area (Å²) in [6, 6.07) is 2.58. The number of rotatable bonds is 3. The summed E-state index contributed by atoms with van der Waals surface area (Å²) in [6.07, 6.45) is 7.77. The highest BCUT2D eigenvalue weighted by Gasteiger charge is 2.23. The predicted molar refractivity (Wildman–Crippen MR) is 80.3 cm³/mol. The summed E-state index contributed by atoms with van der Waals surface area (Å²) in [6.45, 7) is 5.92. The summed E-state index contributed by atoms with van der Waals surface area (Å²) in [5.41, 5.74) is 3.11. The second kappa shape index (κ2) is 6.13. The Kier molecular flexibility index (Phi) is 4.72. The Labute approximate surface area is 121 Å². The number of Topliss-reactive ketones (excluding diaryl/α,β-unsaturated/α-hetero) is 1. The average molecular weight is 282 g/mol. The van der Waals surface area contributed by atoms with E-state index in [2.05, 4.69) is 18.4 Å². The fourth-order valence-corrected chi connectivity index (χ4v) is 3.44. The first-order valence-corrected chi connectivity index (χ1v) is 7.82. The molecule has 106 valence electrons. The molecular formula is C16H24ClNO. The molecule has 1 heterocycles. The standard InChI is InChI=1S/C16H24ClNO/c1-11-10-15(16(19)12(2)17)13(3)18(11)14-8-6-4-5-7-9-14/h10,12,14H,4-9H2,1-3H3. The van der Waals surface area contributed by atoms with Gasteiger partial charge in [0.25, 0.3) is 0 Å². The van der Waals surface area contributed by atoms with Gasteiger partial charge in [-0.2, -0.15) is 0 Å². The number of carbonyl (C=O) groups is 1. The van der Waals surface area contributed by atoms with Crippen LogP contribution in [0.4, 0.5) is 0 Å². The van der Waals surface area contributed by atoms with Crippen molar-refractivity contribution in [2.75, 3.05) is 0 Å². The summed E-state index contributed by atoms with van der Waals surface area (Å²) in [7, 11) is 0. The van der Waals surface area contributed by atoms with Crippen molar-refractivity contribution in [1.29, 1.82) is 0 Å². The van der Waals surface area contributed by atoms with E-state index in [4.69, 9.17) is 11.6 Å². The van der Waals surface area contributed by atoms with Gasteiger partial charge >= 0.3 is 0 Å². The van der Waals surface area contributed by atoms with Crippen molar-refractivity contribution in [3.05, 3.63) is 23.0 Å². The zero-order valence-corrected chi connectivity index (χ0v) is 13.0. The molecule has 0 N–H and O–H groups in total. The Bertz CT molecular complexity index is 454. The highest BCUT2D eigenvalue weighted by atomic mass is 35.5. The summed E-state index contributed by atoms with van der Waals surface area (Å²) in [4.78, 5) is 12.1. The molecule has 2 nitrogen and oxygen atoms in total. The van der Waals surface area contributed by atoms with E-state index in [0.717, 1.165) is 11.3 Å². The molecule has 1 aliphatic carbocycles. The third-order valence-corrected chi connectivity index (χ3v) is 4.50. The second-order valence-corrected chi connectivity index (χ2v) is 6.44. The molecule has 19 heavy (non-hydrogen) atoms. The first-order chi connectivity index (χ1) is 9.02. The Morgan fingerprint density at radius 1 is 1.26 bits per heavy atom. The monoisotopic (exact) mass is 281 g/mol. The predicted octanol–water partition coefficient (Wildman–Crippen LogP) is 4.81. The van der Waals surface area contributed by atoms with Crippen molar-refractivity contribution >= 4 is 17.4 Å². The zero-order valence-electron chi connectivity index (χ0n) is 12.2. The number of hydrogen-bond donors (Lipinski definition) is 0. The zero-order chi connectivity index (χ0) is 14.0. The third kappa shape index (κ3) is 3.05. The van der Waals surface area contributed by atoms with Gasteiger partial charge in [-0.15, -0.1) is 11.6 Å². The minimum Gasteiger partial charge on any atom is -0.345 e. The van der Waals surface area contributed by atoms with Crippen LogP contribution in [0.1, 0.15) is 73.2 Å². The van der Waals surface area contributed by atoms with E-state index in [-0.39, 0.29) is 5.78 Å². The number of aryl methyl sites for hydroxylation is 1. The maximum Gasteiger partial charge on any atom is 0.182 e. The van der Waals surface area contributed by atoms with E-state index in [0.29, 0.717) is 6.04 Å². The smallest absolute Gasteiger partial charge is 0.182 e. The summed E-state index contributed by atoms with van der Waals surface area (Å²) in [5.74, 6) is 0.0506. The number of alkyl halides is 1. The van der Waals surface area contributed by atoms with E-state index in [1.165, 1.54) is 44.2 Å². The maximum atomic E-state index is 12.1. The summed E-state index contributed by atoms with van der Waals surface area (Å²) in [5, 5.41) is -0.442. The lowest BCUT2D eigenvalue weighted by Gasteiger charge is -2.21. The Morgan fingerprint density at radius 2 is 1.84 bits per heavy atom. The van der Waals surface area contributed by atoms with Gasteiger partial charge in [0.2, 0.25) is 0 Å². The number of halogens is 1. The van der Waals surface area contributed by atoms with Crippen molar-refractivity contribution in [2.45, 2.75) is 70.7 Å². The number of carbonyl (C=O) groups excluding carboxylic acids is 1. The van der Waals surface area contributed by atoms with Crippen LogP contribution in [-0.4, -0.2) is 15.7 Å². The maximum absolute atomic E-state index is 12.1. The highest BCUT2D eigenvalue weighted by molar-refractivity contribution is 6.33. The lowest BCUT2D eigenvalue weighted by Crippen LogP contribution is -2.14. The van der Waals surface area contributed by atoms with Crippen LogP contribution in [0.3, 0.4) is 0 Å². The van der Waals surface area contributed by atoms with Crippen molar-refractivity contribution in [3.8, 4) is 0 Å². The average Bonchev–Trinajstić information content (AvgIpc) is 2.59. The molecule has 0 saturated heterocycles. The van der Waals surface area contributed by atoms with Gasteiger partial charge in [-0.05, 0) is 39.7 Å². The third-order valence-electron chi connectivity index (χ3n) is 4.30. The van der Waals surface area contributed by atoms with E-state index in [9.17, 15) is 4.79 Å². The quantitative estimate of drug-likeness (QED) is 0.443. The minimum atomic E-state index is -0.442. The lowest BCUT2D eigenvalue weighted by atomic mass is 10.1. The summed E-state index contributed by atoms with van der Waals surface area (Å²) < 4.78 is 2.37. The van der Waals surface area contributed by atoms with Gasteiger partial charge in [0.15, 0.2) is 5.78 Å². The Balaban J connectivity index is 2.33. The van der Waals surface area contributed by atoms with Gasteiger partial charge in [-0.25, -0.2) is 0 Å². The van der Waals surface area contributed by atoms with Crippen LogP contribution in [0.15, 0.2) is 6.07 Å². The Morgan fingerprint density at radius 3 is 2.37 bits per heavy atom. The van der Waals surface area contributed by atoms with Gasteiger partial charge < -0.3 is 4.57 Å². The van der Waals surface area contributed by atoms with Crippen LogP contribution in [0.5, 0.6) is 0 Å². The fourth-order valence-electron chi connectivity index (χ4n) is 3.32. The number of hydrogen-bond acceptors (Lipinski definition) is 1. The van der Waals surface area contributed by atoms with Crippen molar-refractivity contribution in [1.82, 2.24) is 4.57 Å². The first-order valence-electron chi connectivity index (χ1n) is 7.39. The van der Waals surface area contributed by atoms with E-state index >= 15 is 0 Å². The van der Waals surface area contributed by atoms with Crippen LogP contribution < -0.4 is 0 Å². The van der Waals surface area contributed by atoms with E-state index in [1.54, 1.807) is 6.92 Å². The molecule has 1 unspecified atom stereocenters. The molecule has 0 aliphatic heterocycles. The molecule has 1 fully saturated rings. The molecule has 0 amide bonds.